The third kappa shape index (κ3) is 5.33. The second-order valence-electron chi connectivity index (χ2n) is 7.26. The van der Waals surface area contributed by atoms with Crippen LogP contribution in [0.2, 0.25) is 0 Å². The second kappa shape index (κ2) is 8.71. The molecule has 0 radical (unpaired) electrons. The molecule has 1 saturated heterocycles. The molecule has 2 aromatic rings. The van der Waals surface area contributed by atoms with Crippen LogP contribution in [-0.2, 0) is 9.53 Å². The molecule has 5 heteroatoms. The van der Waals surface area contributed by atoms with Crippen LogP contribution in [0.15, 0.2) is 54.6 Å². The Hall–Kier alpha value is -2.82. The first kappa shape index (κ1) is 19.0. The molecule has 0 N–H and O–H groups in total. The van der Waals surface area contributed by atoms with Gasteiger partial charge in [0.05, 0.1) is 5.56 Å². The number of carbonyl (C=O) groups is 2. The van der Waals surface area contributed by atoms with Gasteiger partial charge in [-0.25, -0.2) is 4.79 Å². The van der Waals surface area contributed by atoms with Crippen LogP contribution in [-0.4, -0.2) is 36.5 Å². The van der Waals surface area contributed by atoms with Gasteiger partial charge in [0, 0.05) is 13.1 Å². The molecule has 0 saturated carbocycles. The van der Waals surface area contributed by atoms with E-state index >= 15 is 0 Å². The highest BCUT2D eigenvalue weighted by molar-refractivity contribution is 5.91. The molecule has 0 unspecified atom stereocenters. The fraction of sp³-hybridized carbons (Fsp3) is 0.364. The molecule has 0 bridgehead atoms. The van der Waals surface area contributed by atoms with Crippen molar-refractivity contribution in [1.29, 1.82) is 0 Å². The van der Waals surface area contributed by atoms with Crippen LogP contribution in [0.3, 0.4) is 0 Å². The predicted octanol–water partition coefficient (Wildman–Crippen LogP) is 4.14. The van der Waals surface area contributed by atoms with Crippen LogP contribution in [0.4, 0.5) is 0 Å². The lowest BCUT2D eigenvalue weighted by Crippen LogP contribution is -2.44. The molecule has 0 aliphatic carbocycles. The van der Waals surface area contributed by atoms with Crippen LogP contribution in [0.25, 0.3) is 0 Å². The van der Waals surface area contributed by atoms with E-state index in [1.165, 1.54) is 0 Å². The molecule has 3 rings (SSSR count). The number of hydrogen-bond acceptors (Lipinski definition) is 4. The van der Waals surface area contributed by atoms with Crippen molar-refractivity contribution in [3.63, 3.8) is 0 Å². The van der Waals surface area contributed by atoms with Gasteiger partial charge in [-0.3, -0.25) is 4.79 Å². The topological polar surface area (TPSA) is 55.8 Å². The maximum Gasteiger partial charge on any atom is 0.338 e. The highest BCUT2D eigenvalue weighted by Crippen LogP contribution is 2.22. The fourth-order valence-corrected chi connectivity index (χ4v) is 3.45. The summed E-state index contributed by atoms with van der Waals surface area (Å²) in [6, 6.07) is 16.1. The lowest BCUT2D eigenvalue weighted by atomic mass is 9.92. The van der Waals surface area contributed by atoms with Crippen LogP contribution < -0.4 is 4.74 Å². The van der Waals surface area contributed by atoms with Crippen molar-refractivity contribution in [2.75, 3.05) is 19.7 Å². The highest BCUT2D eigenvalue weighted by atomic mass is 16.5. The van der Waals surface area contributed by atoms with Crippen molar-refractivity contribution >= 4 is 11.9 Å². The first-order valence-corrected chi connectivity index (χ1v) is 9.29. The van der Waals surface area contributed by atoms with E-state index in [2.05, 4.69) is 13.8 Å². The van der Waals surface area contributed by atoms with E-state index in [-0.39, 0.29) is 12.5 Å². The van der Waals surface area contributed by atoms with Gasteiger partial charge in [-0.15, -0.1) is 0 Å². The number of benzene rings is 2. The summed E-state index contributed by atoms with van der Waals surface area (Å²) in [5, 5.41) is 0. The quantitative estimate of drug-likeness (QED) is 0.745. The van der Waals surface area contributed by atoms with E-state index in [1.807, 2.05) is 30.3 Å². The number of esters is 1. The van der Waals surface area contributed by atoms with Crippen LogP contribution in [0.1, 0.15) is 30.6 Å². The minimum absolute atomic E-state index is 0.134. The number of hydrogen-bond donors (Lipinski definition) is 0. The van der Waals surface area contributed by atoms with Crippen molar-refractivity contribution in [3.05, 3.63) is 60.2 Å². The third-order valence-electron chi connectivity index (χ3n) is 4.62. The summed E-state index contributed by atoms with van der Waals surface area (Å²) < 4.78 is 10.9. The molecule has 1 aliphatic heterocycles. The first-order chi connectivity index (χ1) is 13.0. The minimum atomic E-state index is -0.507. The molecular formula is C22H25NO4. The van der Waals surface area contributed by atoms with Crippen molar-refractivity contribution in [3.8, 4) is 11.5 Å². The van der Waals surface area contributed by atoms with Crippen molar-refractivity contribution in [2.24, 2.45) is 11.8 Å². The first-order valence-electron chi connectivity index (χ1n) is 9.29. The minimum Gasteiger partial charge on any atom is -0.457 e. The standard InChI is InChI=1S/C22H25NO4/c1-16-12-17(2)14-23(13-16)21(24)15-26-22(25)18-8-10-20(11-9-18)27-19-6-4-3-5-7-19/h3-11,16-17H,12-15H2,1-2H3/t16-,17+. The smallest absolute Gasteiger partial charge is 0.338 e. The van der Waals surface area contributed by atoms with E-state index < -0.39 is 5.97 Å². The SMILES string of the molecule is C[C@@H]1C[C@H](C)CN(C(=O)COC(=O)c2ccc(Oc3ccccc3)cc2)C1. The number of nitrogens with zero attached hydrogens (tertiary/aromatic N) is 1. The molecule has 1 amide bonds. The Bertz CT molecular complexity index is 763. The maximum absolute atomic E-state index is 12.3. The van der Waals surface area contributed by atoms with E-state index in [4.69, 9.17) is 9.47 Å². The average molecular weight is 367 g/mol. The molecule has 0 spiro atoms. The molecule has 2 atom stereocenters. The largest absolute Gasteiger partial charge is 0.457 e. The molecular weight excluding hydrogens is 342 g/mol. The summed E-state index contributed by atoms with van der Waals surface area (Å²) in [7, 11) is 0. The number of para-hydroxylation sites is 1. The summed E-state index contributed by atoms with van der Waals surface area (Å²) in [4.78, 5) is 26.3. The van der Waals surface area contributed by atoms with Gasteiger partial charge in [-0.2, -0.15) is 0 Å². The Kier molecular flexibility index (Phi) is 6.12. The Labute approximate surface area is 159 Å². The number of likely N-dealkylation sites (tertiary alicyclic amines) is 1. The summed E-state index contributed by atoms with van der Waals surface area (Å²) >= 11 is 0. The summed E-state index contributed by atoms with van der Waals surface area (Å²) in [6.07, 6.45) is 1.13. The maximum atomic E-state index is 12.3. The van der Waals surface area contributed by atoms with Crippen LogP contribution >= 0.6 is 0 Å². The monoisotopic (exact) mass is 367 g/mol. The molecule has 5 nitrogen and oxygen atoms in total. The fourth-order valence-electron chi connectivity index (χ4n) is 3.45. The number of ether oxygens (including phenoxy) is 2. The third-order valence-corrected chi connectivity index (χ3v) is 4.62. The van der Waals surface area contributed by atoms with Gasteiger partial charge in [0.15, 0.2) is 6.61 Å². The van der Waals surface area contributed by atoms with Crippen molar-refractivity contribution < 1.29 is 19.1 Å². The van der Waals surface area contributed by atoms with Gasteiger partial charge in [-0.1, -0.05) is 32.0 Å². The number of amides is 1. The van der Waals surface area contributed by atoms with E-state index in [0.29, 0.717) is 23.1 Å². The highest BCUT2D eigenvalue weighted by Gasteiger charge is 2.26. The van der Waals surface area contributed by atoms with Gasteiger partial charge in [0.1, 0.15) is 11.5 Å². The Morgan fingerprint density at radius 1 is 0.926 bits per heavy atom. The predicted molar refractivity (Wildman–Crippen MR) is 103 cm³/mol. The molecule has 1 fully saturated rings. The number of piperidine rings is 1. The molecule has 2 aromatic carbocycles. The normalized spacial score (nSPS) is 19.4. The van der Waals surface area contributed by atoms with Gasteiger partial charge in [-0.05, 0) is 54.7 Å². The Morgan fingerprint density at radius 2 is 1.52 bits per heavy atom. The van der Waals surface area contributed by atoms with Crippen molar-refractivity contribution in [1.82, 2.24) is 4.90 Å². The second-order valence-corrected chi connectivity index (χ2v) is 7.26. The zero-order valence-electron chi connectivity index (χ0n) is 15.8. The van der Waals surface area contributed by atoms with Gasteiger partial charge >= 0.3 is 5.97 Å². The Morgan fingerprint density at radius 3 is 2.15 bits per heavy atom. The molecule has 142 valence electrons. The van der Waals surface area contributed by atoms with Gasteiger partial charge in [0.25, 0.3) is 5.91 Å². The molecule has 27 heavy (non-hydrogen) atoms. The van der Waals surface area contributed by atoms with Crippen LogP contribution in [0.5, 0.6) is 11.5 Å². The molecule has 1 heterocycles. The molecule has 0 aromatic heterocycles. The zero-order valence-corrected chi connectivity index (χ0v) is 15.8. The van der Waals surface area contributed by atoms with Gasteiger partial charge < -0.3 is 14.4 Å². The van der Waals surface area contributed by atoms with Crippen LogP contribution in [0, 0.1) is 11.8 Å². The zero-order chi connectivity index (χ0) is 19.2. The Balaban J connectivity index is 1.51. The number of carbonyl (C=O) groups excluding carboxylic acids is 2. The van der Waals surface area contributed by atoms with Gasteiger partial charge in [0.2, 0.25) is 0 Å². The van der Waals surface area contributed by atoms with E-state index in [1.54, 1.807) is 29.2 Å². The average Bonchev–Trinajstić information content (AvgIpc) is 2.66. The number of rotatable bonds is 5. The van der Waals surface area contributed by atoms with E-state index in [0.717, 1.165) is 25.3 Å². The summed E-state index contributed by atoms with van der Waals surface area (Å²) in [5.74, 6) is 1.67. The molecule has 1 aliphatic rings. The van der Waals surface area contributed by atoms with E-state index in [9.17, 15) is 9.59 Å². The lowest BCUT2D eigenvalue weighted by Gasteiger charge is -2.34. The lowest BCUT2D eigenvalue weighted by molar-refractivity contribution is -0.137. The summed E-state index contributed by atoms with van der Waals surface area (Å²) in [5.41, 5.74) is 0.392. The summed E-state index contributed by atoms with van der Waals surface area (Å²) in [6.45, 7) is 5.51. The van der Waals surface area contributed by atoms with Crippen molar-refractivity contribution in [2.45, 2.75) is 20.3 Å².